The van der Waals surface area contributed by atoms with Crippen LogP contribution in [0, 0.1) is 0 Å². The van der Waals surface area contributed by atoms with Gasteiger partial charge in [-0.15, -0.1) is 11.6 Å². The van der Waals surface area contributed by atoms with Crippen LogP contribution in [-0.4, -0.2) is 33.6 Å². The van der Waals surface area contributed by atoms with Crippen LogP contribution in [0.4, 0.5) is 0 Å². The number of hydrogen-bond acceptors (Lipinski definition) is 2. The number of benzene rings is 1. The molecule has 0 saturated carbocycles. The van der Waals surface area contributed by atoms with Gasteiger partial charge < -0.3 is 4.57 Å². The molecule has 2 aromatic rings. The number of halogens is 2. The van der Waals surface area contributed by atoms with Crippen LogP contribution in [-0.2, 0) is 6.54 Å². The van der Waals surface area contributed by atoms with Crippen LogP contribution in [0.3, 0.4) is 0 Å². The van der Waals surface area contributed by atoms with Gasteiger partial charge in [0.25, 0.3) is 0 Å². The van der Waals surface area contributed by atoms with Gasteiger partial charge >= 0.3 is 0 Å². The summed E-state index contributed by atoms with van der Waals surface area (Å²) in [6, 6.07) is 6.43. The number of imidazole rings is 1. The van der Waals surface area contributed by atoms with E-state index in [0.29, 0.717) is 6.04 Å². The number of aromatic nitrogens is 2. The number of alkyl halides is 1. The average Bonchev–Trinajstić information content (AvgIpc) is 3.04. The molecule has 1 fully saturated rings. The fraction of sp³-hybridized carbons (Fsp3) is 0.562. The molecule has 1 saturated heterocycles. The first-order valence-electron chi connectivity index (χ1n) is 7.64. The van der Waals surface area contributed by atoms with Crippen molar-refractivity contribution in [1.29, 1.82) is 0 Å². The minimum Gasteiger partial charge on any atom is -0.325 e. The van der Waals surface area contributed by atoms with Crippen molar-refractivity contribution in [1.82, 2.24) is 14.5 Å². The maximum atomic E-state index is 6.35. The Morgan fingerprint density at radius 2 is 2.24 bits per heavy atom. The maximum absolute atomic E-state index is 6.35. The molecule has 2 unspecified atom stereocenters. The highest BCUT2D eigenvalue weighted by molar-refractivity contribution is 6.31. The van der Waals surface area contributed by atoms with E-state index in [2.05, 4.69) is 16.4 Å². The van der Waals surface area contributed by atoms with E-state index in [9.17, 15) is 0 Å². The molecule has 0 spiro atoms. The lowest BCUT2D eigenvalue weighted by Crippen LogP contribution is -2.33. The Morgan fingerprint density at radius 1 is 1.43 bits per heavy atom. The van der Waals surface area contributed by atoms with Gasteiger partial charge in [0.15, 0.2) is 0 Å². The SMILES string of the molecule is CCN1CCCC1Cn1c(C(C)Cl)nc2ccc(Cl)cc21. The van der Waals surface area contributed by atoms with Gasteiger partial charge in [-0.25, -0.2) is 4.98 Å². The molecule has 1 aliphatic heterocycles. The third-order valence-electron chi connectivity index (χ3n) is 4.39. The molecule has 0 bridgehead atoms. The highest BCUT2D eigenvalue weighted by Gasteiger charge is 2.25. The van der Waals surface area contributed by atoms with Crippen molar-refractivity contribution in [2.75, 3.05) is 13.1 Å². The molecule has 2 atom stereocenters. The van der Waals surface area contributed by atoms with Gasteiger partial charge in [0.05, 0.1) is 16.4 Å². The highest BCUT2D eigenvalue weighted by Crippen LogP contribution is 2.29. The van der Waals surface area contributed by atoms with Crippen molar-refractivity contribution in [3.8, 4) is 0 Å². The predicted octanol–water partition coefficient (Wildman–Crippen LogP) is 4.47. The molecule has 0 aliphatic carbocycles. The summed E-state index contributed by atoms with van der Waals surface area (Å²) < 4.78 is 2.26. The van der Waals surface area contributed by atoms with Crippen LogP contribution in [0.25, 0.3) is 11.0 Å². The van der Waals surface area contributed by atoms with Crippen molar-refractivity contribution >= 4 is 34.2 Å². The zero-order chi connectivity index (χ0) is 15.0. The van der Waals surface area contributed by atoms with Gasteiger partial charge in [0.1, 0.15) is 5.82 Å². The van der Waals surface area contributed by atoms with Crippen LogP contribution in [0.5, 0.6) is 0 Å². The number of fused-ring (bicyclic) bond motifs is 1. The fourth-order valence-electron chi connectivity index (χ4n) is 3.34. The van der Waals surface area contributed by atoms with E-state index in [1.54, 1.807) is 0 Å². The van der Waals surface area contributed by atoms with E-state index in [4.69, 9.17) is 28.2 Å². The molecule has 1 aromatic carbocycles. The molecule has 21 heavy (non-hydrogen) atoms. The summed E-state index contributed by atoms with van der Waals surface area (Å²) in [5.74, 6) is 0.942. The predicted molar refractivity (Wildman–Crippen MR) is 89.3 cm³/mol. The average molecular weight is 326 g/mol. The van der Waals surface area contributed by atoms with Crippen LogP contribution in [0.2, 0.25) is 5.02 Å². The smallest absolute Gasteiger partial charge is 0.127 e. The third-order valence-corrected chi connectivity index (χ3v) is 4.82. The van der Waals surface area contributed by atoms with Gasteiger partial charge in [-0.05, 0) is 51.1 Å². The standard InChI is InChI=1S/C16H21Cl2N3/c1-3-20-8-4-5-13(20)10-21-15-9-12(18)6-7-14(15)19-16(21)11(2)17/h6-7,9,11,13H,3-5,8,10H2,1-2H3. The highest BCUT2D eigenvalue weighted by atomic mass is 35.5. The molecule has 0 N–H and O–H groups in total. The topological polar surface area (TPSA) is 21.1 Å². The lowest BCUT2D eigenvalue weighted by molar-refractivity contribution is 0.244. The van der Waals surface area contributed by atoms with Crippen LogP contribution in [0.15, 0.2) is 18.2 Å². The monoisotopic (exact) mass is 325 g/mol. The molecular formula is C16H21Cl2N3. The lowest BCUT2D eigenvalue weighted by Gasteiger charge is -2.24. The first-order valence-corrected chi connectivity index (χ1v) is 8.45. The number of likely N-dealkylation sites (N-methyl/N-ethyl adjacent to an activating group) is 1. The van der Waals surface area contributed by atoms with Crippen molar-refractivity contribution in [3.05, 3.63) is 29.0 Å². The van der Waals surface area contributed by atoms with Crippen molar-refractivity contribution in [2.45, 2.75) is 44.7 Å². The molecule has 3 nitrogen and oxygen atoms in total. The van der Waals surface area contributed by atoms with Crippen LogP contribution in [0.1, 0.15) is 37.9 Å². The minimum atomic E-state index is -0.104. The van der Waals surface area contributed by atoms with Crippen molar-refractivity contribution in [2.24, 2.45) is 0 Å². The van der Waals surface area contributed by atoms with Gasteiger partial charge in [0.2, 0.25) is 0 Å². The number of nitrogens with zero attached hydrogens (tertiary/aromatic N) is 3. The molecule has 0 amide bonds. The molecule has 0 radical (unpaired) electrons. The Kier molecular flexibility index (Phi) is 4.43. The Hall–Kier alpha value is -0.770. The largest absolute Gasteiger partial charge is 0.325 e. The van der Waals surface area contributed by atoms with E-state index < -0.39 is 0 Å². The summed E-state index contributed by atoms with van der Waals surface area (Å²) in [6.45, 7) is 7.45. The second kappa shape index (κ2) is 6.15. The first kappa shape index (κ1) is 15.1. The zero-order valence-electron chi connectivity index (χ0n) is 12.5. The summed E-state index contributed by atoms with van der Waals surface area (Å²) in [5, 5.41) is 0.642. The summed E-state index contributed by atoms with van der Waals surface area (Å²) in [7, 11) is 0. The Balaban J connectivity index is 2.02. The summed E-state index contributed by atoms with van der Waals surface area (Å²) in [6.07, 6.45) is 2.52. The third kappa shape index (κ3) is 2.92. The van der Waals surface area contributed by atoms with Crippen molar-refractivity contribution in [3.63, 3.8) is 0 Å². The minimum absolute atomic E-state index is 0.104. The number of rotatable bonds is 4. The van der Waals surface area contributed by atoms with E-state index in [1.165, 1.54) is 19.4 Å². The molecule has 3 rings (SSSR count). The van der Waals surface area contributed by atoms with Gasteiger partial charge in [-0.2, -0.15) is 0 Å². The maximum Gasteiger partial charge on any atom is 0.127 e. The summed E-state index contributed by atoms with van der Waals surface area (Å²) in [4.78, 5) is 7.24. The van der Waals surface area contributed by atoms with Crippen LogP contribution >= 0.6 is 23.2 Å². The zero-order valence-corrected chi connectivity index (χ0v) is 14.0. The first-order chi connectivity index (χ1) is 10.1. The Morgan fingerprint density at radius 3 is 2.95 bits per heavy atom. The molecule has 2 heterocycles. The molecule has 114 valence electrons. The second-order valence-electron chi connectivity index (χ2n) is 5.75. The fourth-order valence-corrected chi connectivity index (χ4v) is 3.67. The van der Waals surface area contributed by atoms with E-state index >= 15 is 0 Å². The Labute approximate surface area is 135 Å². The molecule has 5 heteroatoms. The van der Waals surface area contributed by atoms with E-state index in [-0.39, 0.29) is 5.38 Å². The number of hydrogen-bond donors (Lipinski definition) is 0. The second-order valence-corrected chi connectivity index (χ2v) is 6.85. The summed E-state index contributed by atoms with van der Waals surface area (Å²) >= 11 is 12.5. The molecule has 1 aromatic heterocycles. The van der Waals surface area contributed by atoms with Crippen molar-refractivity contribution < 1.29 is 0 Å². The lowest BCUT2D eigenvalue weighted by atomic mass is 10.2. The van der Waals surface area contributed by atoms with Gasteiger partial charge in [-0.1, -0.05) is 18.5 Å². The normalized spacial score (nSPS) is 21.2. The molecular weight excluding hydrogens is 305 g/mol. The quantitative estimate of drug-likeness (QED) is 0.773. The Bertz CT molecular complexity index is 636. The van der Waals surface area contributed by atoms with E-state index in [1.807, 2.05) is 25.1 Å². The number of likely N-dealkylation sites (tertiary alicyclic amines) is 1. The van der Waals surface area contributed by atoms with Crippen LogP contribution < -0.4 is 0 Å². The van der Waals surface area contributed by atoms with Gasteiger partial charge in [0, 0.05) is 17.6 Å². The van der Waals surface area contributed by atoms with E-state index in [0.717, 1.165) is 35.0 Å². The molecule has 1 aliphatic rings. The van der Waals surface area contributed by atoms with Gasteiger partial charge in [-0.3, -0.25) is 4.90 Å². The summed E-state index contributed by atoms with van der Waals surface area (Å²) in [5.41, 5.74) is 2.07.